The van der Waals surface area contributed by atoms with Crippen molar-refractivity contribution in [3.63, 3.8) is 0 Å². The molecule has 0 saturated carbocycles. The number of carbonyl (C=O) groups is 1. The standard InChI is InChI=1S/C11H19N3O3/c1-7-5-8(14-17-7)9(6-12)13-10(15)16-11(2,3)4/h5,9H,6,12H2,1-4H3,(H,13,15). The van der Waals surface area contributed by atoms with Gasteiger partial charge in [0.25, 0.3) is 0 Å². The molecule has 3 N–H and O–H groups in total. The van der Waals surface area contributed by atoms with Gasteiger partial charge in [-0.15, -0.1) is 0 Å². The van der Waals surface area contributed by atoms with E-state index < -0.39 is 17.7 Å². The molecule has 0 bridgehead atoms. The zero-order valence-corrected chi connectivity index (χ0v) is 10.6. The van der Waals surface area contributed by atoms with Crippen molar-refractivity contribution in [2.45, 2.75) is 39.3 Å². The van der Waals surface area contributed by atoms with E-state index in [1.807, 2.05) is 0 Å². The van der Waals surface area contributed by atoms with Gasteiger partial charge in [0.1, 0.15) is 17.1 Å². The van der Waals surface area contributed by atoms with Gasteiger partial charge in [0.05, 0.1) is 6.04 Å². The van der Waals surface area contributed by atoms with Gasteiger partial charge >= 0.3 is 6.09 Å². The number of alkyl carbamates (subject to hydrolysis) is 1. The van der Waals surface area contributed by atoms with E-state index in [2.05, 4.69) is 10.5 Å². The van der Waals surface area contributed by atoms with Crippen molar-refractivity contribution >= 4 is 6.09 Å². The molecule has 0 aliphatic heterocycles. The van der Waals surface area contributed by atoms with Gasteiger partial charge in [0, 0.05) is 12.6 Å². The molecular weight excluding hydrogens is 222 g/mol. The number of rotatable bonds is 3. The number of nitrogens with zero attached hydrogens (tertiary/aromatic N) is 1. The Hall–Kier alpha value is -1.56. The molecule has 0 spiro atoms. The van der Waals surface area contributed by atoms with Crippen LogP contribution in [0.25, 0.3) is 0 Å². The highest BCUT2D eigenvalue weighted by molar-refractivity contribution is 5.68. The Morgan fingerprint density at radius 3 is 2.71 bits per heavy atom. The number of hydrogen-bond donors (Lipinski definition) is 2. The predicted octanol–water partition coefficient (Wildman–Crippen LogP) is 1.51. The fourth-order valence-electron chi connectivity index (χ4n) is 1.25. The lowest BCUT2D eigenvalue weighted by atomic mass is 10.2. The molecule has 17 heavy (non-hydrogen) atoms. The minimum absolute atomic E-state index is 0.227. The Bertz CT molecular complexity index is 382. The first-order valence-electron chi connectivity index (χ1n) is 5.44. The van der Waals surface area contributed by atoms with Crippen LogP contribution in [-0.4, -0.2) is 23.4 Å². The molecule has 1 aromatic rings. The average Bonchev–Trinajstić information content (AvgIpc) is 2.58. The van der Waals surface area contributed by atoms with Crippen LogP contribution in [0.3, 0.4) is 0 Å². The van der Waals surface area contributed by atoms with Gasteiger partial charge < -0.3 is 20.3 Å². The van der Waals surface area contributed by atoms with E-state index >= 15 is 0 Å². The molecule has 6 heteroatoms. The second kappa shape index (κ2) is 5.18. The van der Waals surface area contributed by atoms with Crippen LogP contribution in [0, 0.1) is 6.92 Å². The minimum atomic E-state index is -0.539. The number of nitrogens with one attached hydrogen (secondary N) is 1. The number of carbonyl (C=O) groups excluding carboxylic acids is 1. The minimum Gasteiger partial charge on any atom is -0.444 e. The van der Waals surface area contributed by atoms with Crippen molar-refractivity contribution in [2.24, 2.45) is 5.73 Å². The number of ether oxygens (including phenoxy) is 1. The Morgan fingerprint density at radius 2 is 2.29 bits per heavy atom. The average molecular weight is 241 g/mol. The molecule has 1 heterocycles. The van der Waals surface area contributed by atoms with Crippen molar-refractivity contribution in [3.05, 3.63) is 17.5 Å². The first-order valence-corrected chi connectivity index (χ1v) is 5.44. The van der Waals surface area contributed by atoms with E-state index in [0.29, 0.717) is 11.5 Å². The van der Waals surface area contributed by atoms with Crippen LogP contribution in [0.15, 0.2) is 10.6 Å². The third-order valence-electron chi connectivity index (χ3n) is 1.93. The summed E-state index contributed by atoms with van der Waals surface area (Å²) in [4.78, 5) is 11.6. The second-order valence-corrected chi connectivity index (χ2v) is 4.80. The lowest BCUT2D eigenvalue weighted by Crippen LogP contribution is -2.37. The molecule has 1 unspecified atom stereocenters. The van der Waals surface area contributed by atoms with E-state index in [4.69, 9.17) is 15.0 Å². The normalized spacial score (nSPS) is 13.2. The third-order valence-corrected chi connectivity index (χ3v) is 1.93. The number of aryl methyl sites for hydroxylation is 1. The maximum atomic E-state index is 11.6. The van der Waals surface area contributed by atoms with Crippen molar-refractivity contribution in [2.75, 3.05) is 6.54 Å². The molecule has 0 fully saturated rings. The zero-order valence-electron chi connectivity index (χ0n) is 10.6. The van der Waals surface area contributed by atoms with Gasteiger partial charge in [0.15, 0.2) is 0 Å². The molecule has 1 rings (SSSR count). The summed E-state index contributed by atoms with van der Waals surface area (Å²) in [7, 11) is 0. The smallest absolute Gasteiger partial charge is 0.408 e. The second-order valence-electron chi connectivity index (χ2n) is 4.80. The number of hydrogen-bond acceptors (Lipinski definition) is 5. The lowest BCUT2D eigenvalue weighted by molar-refractivity contribution is 0.0503. The fourth-order valence-corrected chi connectivity index (χ4v) is 1.25. The Morgan fingerprint density at radius 1 is 1.65 bits per heavy atom. The van der Waals surface area contributed by atoms with E-state index in [9.17, 15) is 4.79 Å². The Labute approximate surface area is 100 Å². The number of nitrogens with two attached hydrogens (primary N) is 1. The summed E-state index contributed by atoms with van der Waals surface area (Å²) in [5.41, 5.74) is 5.63. The summed E-state index contributed by atoms with van der Waals surface area (Å²) < 4.78 is 10.1. The van der Waals surface area contributed by atoms with E-state index in [1.54, 1.807) is 33.8 Å². The van der Waals surface area contributed by atoms with Crippen LogP contribution in [0.2, 0.25) is 0 Å². The quantitative estimate of drug-likeness (QED) is 0.837. The third kappa shape index (κ3) is 4.44. The molecule has 1 amide bonds. The molecule has 0 aromatic carbocycles. The van der Waals surface area contributed by atoms with Crippen molar-refractivity contribution in [1.29, 1.82) is 0 Å². The Kier molecular flexibility index (Phi) is 4.11. The van der Waals surface area contributed by atoms with Crippen LogP contribution in [0.5, 0.6) is 0 Å². The summed E-state index contributed by atoms with van der Waals surface area (Å²) in [6.07, 6.45) is -0.520. The first kappa shape index (κ1) is 13.5. The lowest BCUT2D eigenvalue weighted by Gasteiger charge is -2.22. The highest BCUT2D eigenvalue weighted by atomic mass is 16.6. The van der Waals surface area contributed by atoms with Crippen molar-refractivity contribution in [3.8, 4) is 0 Å². The van der Waals surface area contributed by atoms with Gasteiger partial charge in [-0.3, -0.25) is 0 Å². The number of aromatic nitrogens is 1. The summed E-state index contributed by atoms with van der Waals surface area (Å²) in [6.45, 7) is 7.39. The number of amides is 1. The molecule has 96 valence electrons. The summed E-state index contributed by atoms with van der Waals surface area (Å²) in [5, 5.41) is 6.46. The van der Waals surface area contributed by atoms with Gasteiger partial charge in [-0.2, -0.15) is 0 Å². The highest BCUT2D eigenvalue weighted by Gasteiger charge is 2.21. The summed E-state index contributed by atoms with van der Waals surface area (Å²) in [6, 6.07) is 1.33. The Balaban J connectivity index is 2.62. The molecule has 0 radical (unpaired) electrons. The maximum absolute atomic E-state index is 11.6. The summed E-state index contributed by atoms with van der Waals surface area (Å²) in [5.74, 6) is 0.671. The van der Waals surface area contributed by atoms with Crippen LogP contribution in [0.4, 0.5) is 4.79 Å². The van der Waals surface area contributed by atoms with Gasteiger partial charge in [-0.25, -0.2) is 4.79 Å². The molecule has 6 nitrogen and oxygen atoms in total. The van der Waals surface area contributed by atoms with Crippen LogP contribution in [-0.2, 0) is 4.74 Å². The zero-order chi connectivity index (χ0) is 13.1. The maximum Gasteiger partial charge on any atom is 0.408 e. The van der Waals surface area contributed by atoms with Gasteiger partial charge in [-0.1, -0.05) is 5.16 Å². The first-order chi connectivity index (χ1) is 7.81. The van der Waals surface area contributed by atoms with Gasteiger partial charge in [-0.05, 0) is 27.7 Å². The SMILES string of the molecule is Cc1cc(C(CN)NC(=O)OC(C)(C)C)no1. The fraction of sp³-hybridized carbons (Fsp3) is 0.636. The van der Waals surface area contributed by atoms with Crippen LogP contribution in [0.1, 0.15) is 38.3 Å². The monoisotopic (exact) mass is 241 g/mol. The topological polar surface area (TPSA) is 90.4 Å². The van der Waals surface area contributed by atoms with Crippen LogP contribution >= 0.6 is 0 Å². The molecule has 0 saturated heterocycles. The summed E-state index contributed by atoms with van der Waals surface area (Å²) >= 11 is 0. The predicted molar refractivity (Wildman–Crippen MR) is 62.4 cm³/mol. The molecule has 1 aromatic heterocycles. The van der Waals surface area contributed by atoms with E-state index in [0.717, 1.165) is 0 Å². The highest BCUT2D eigenvalue weighted by Crippen LogP contribution is 2.13. The molecule has 0 aliphatic carbocycles. The van der Waals surface area contributed by atoms with Crippen LogP contribution < -0.4 is 11.1 Å². The van der Waals surface area contributed by atoms with E-state index in [-0.39, 0.29) is 6.54 Å². The van der Waals surface area contributed by atoms with Crippen molar-refractivity contribution < 1.29 is 14.1 Å². The van der Waals surface area contributed by atoms with E-state index in [1.165, 1.54) is 0 Å². The molecule has 0 aliphatic rings. The van der Waals surface area contributed by atoms with Gasteiger partial charge in [0.2, 0.25) is 0 Å². The molecular formula is C11H19N3O3. The molecule has 1 atom stereocenters. The largest absolute Gasteiger partial charge is 0.444 e. The van der Waals surface area contributed by atoms with Crippen molar-refractivity contribution in [1.82, 2.24) is 10.5 Å².